The first-order valence-corrected chi connectivity index (χ1v) is 5.44. The molecular weight excluding hydrogens is 208 g/mol. The Bertz CT molecular complexity index is 287. The highest BCUT2D eigenvalue weighted by Gasteiger charge is 1.98. The Balaban J connectivity index is 1.87. The van der Waals surface area contributed by atoms with E-state index in [0.29, 0.717) is 6.42 Å². The topological polar surface area (TPSA) is 69.0 Å². The van der Waals surface area contributed by atoms with Gasteiger partial charge in [0, 0.05) is 19.2 Å². The first-order valence-electron chi connectivity index (χ1n) is 5.44. The smallest absolute Gasteiger partial charge is 0.305 e. The number of nitrogens with one attached hydrogen (secondary N) is 1. The Morgan fingerprint density at radius 1 is 1.44 bits per heavy atom. The molecule has 1 rings (SSSR count). The summed E-state index contributed by atoms with van der Waals surface area (Å²) in [6.45, 7) is 2.62. The fourth-order valence-corrected chi connectivity index (χ4v) is 1.30. The zero-order valence-corrected chi connectivity index (χ0v) is 9.56. The molecule has 0 unspecified atom stereocenters. The lowest BCUT2D eigenvalue weighted by molar-refractivity contribution is -0.140. The van der Waals surface area contributed by atoms with Gasteiger partial charge < -0.3 is 10.1 Å². The quantitative estimate of drug-likeness (QED) is 0.507. The number of aromatic nitrogens is 3. The van der Waals surface area contributed by atoms with Gasteiger partial charge in [-0.05, 0) is 25.9 Å². The normalized spacial score (nSPS) is 10.3. The van der Waals surface area contributed by atoms with Crippen molar-refractivity contribution in [3.63, 3.8) is 0 Å². The third kappa shape index (κ3) is 5.45. The third-order valence-corrected chi connectivity index (χ3v) is 2.17. The molecule has 1 aromatic rings. The molecule has 0 spiro atoms. The van der Waals surface area contributed by atoms with Gasteiger partial charge in [0.05, 0.1) is 13.3 Å². The molecule has 6 nitrogen and oxygen atoms in total. The van der Waals surface area contributed by atoms with Crippen molar-refractivity contribution in [1.29, 1.82) is 0 Å². The summed E-state index contributed by atoms with van der Waals surface area (Å²) in [6, 6.07) is 0. The predicted molar refractivity (Wildman–Crippen MR) is 58.8 cm³/mol. The lowest BCUT2D eigenvalue weighted by Crippen LogP contribution is -2.19. The van der Waals surface area contributed by atoms with Gasteiger partial charge in [0.25, 0.3) is 0 Å². The van der Waals surface area contributed by atoms with Crippen molar-refractivity contribution >= 4 is 5.97 Å². The molecule has 1 N–H and O–H groups in total. The van der Waals surface area contributed by atoms with Gasteiger partial charge in [-0.2, -0.15) is 0 Å². The number of carbonyl (C=O) groups excluding carboxylic acids is 1. The van der Waals surface area contributed by atoms with Crippen LogP contribution in [0, 0.1) is 0 Å². The Morgan fingerprint density at radius 2 is 2.25 bits per heavy atom. The third-order valence-electron chi connectivity index (χ3n) is 2.17. The van der Waals surface area contributed by atoms with Crippen molar-refractivity contribution in [3.8, 4) is 0 Å². The van der Waals surface area contributed by atoms with Gasteiger partial charge in [0.1, 0.15) is 0 Å². The van der Waals surface area contributed by atoms with Crippen molar-refractivity contribution in [2.75, 3.05) is 20.2 Å². The van der Waals surface area contributed by atoms with Crippen LogP contribution in [0.4, 0.5) is 0 Å². The lowest BCUT2D eigenvalue weighted by atomic mass is 10.3. The van der Waals surface area contributed by atoms with Crippen LogP contribution < -0.4 is 5.32 Å². The van der Waals surface area contributed by atoms with Gasteiger partial charge in [-0.1, -0.05) is 5.21 Å². The molecule has 1 aromatic heterocycles. The molecule has 0 saturated heterocycles. The minimum absolute atomic E-state index is 0.149. The predicted octanol–water partition coefficient (Wildman–Crippen LogP) is 0.211. The summed E-state index contributed by atoms with van der Waals surface area (Å²) in [6.07, 6.45) is 5.81. The van der Waals surface area contributed by atoms with Gasteiger partial charge >= 0.3 is 5.97 Å². The summed E-state index contributed by atoms with van der Waals surface area (Å²) in [7, 11) is 1.41. The fraction of sp³-hybridized carbons (Fsp3) is 0.700. The number of carbonyl (C=O) groups is 1. The molecule has 1 heterocycles. The number of hydrogen-bond donors (Lipinski definition) is 1. The SMILES string of the molecule is COC(=O)CCCNCCCn1ccnn1. The van der Waals surface area contributed by atoms with Crippen LogP contribution in [0.1, 0.15) is 19.3 Å². The average molecular weight is 226 g/mol. The number of hydrogen-bond acceptors (Lipinski definition) is 5. The second-order valence-corrected chi connectivity index (χ2v) is 3.45. The lowest BCUT2D eigenvalue weighted by Gasteiger charge is -2.04. The van der Waals surface area contributed by atoms with Crippen LogP contribution in [0.3, 0.4) is 0 Å². The summed E-state index contributed by atoms with van der Waals surface area (Å²) < 4.78 is 6.34. The van der Waals surface area contributed by atoms with Gasteiger partial charge in [-0.15, -0.1) is 5.10 Å². The molecule has 0 aliphatic rings. The standard InChI is InChI=1S/C10H18N4O2/c1-16-10(15)4-2-5-11-6-3-8-14-9-7-12-13-14/h7,9,11H,2-6,8H2,1H3. The highest BCUT2D eigenvalue weighted by Crippen LogP contribution is 1.90. The number of aryl methyl sites for hydroxylation is 1. The molecule has 0 saturated carbocycles. The first-order chi connectivity index (χ1) is 7.83. The van der Waals surface area contributed by atoms with E-state index in [4.69, 9.17) is 0 Å². The van der Waals surface area contributed by atoms with Crippen LogP contribution >= 0.6 is 0 Å². The summed E-state index contributed by atoms with van der Waals surface area (Å²) in [5.41, 5.74) is 0. The Labute approximate surface area is 95.0 Å². The Hall–Kier alpha value is -1.43. The average Bonchev–Trinajstić information content (AvgIpc) is 2.80. The van der Waals surface area contributed by atoms with Crippen LogP contribution in [0.15, 0.2) is 12.4 Å². The van der Waals surface area contributed by atoms with E-state index >= 15 is 0 Å². The van der Waals surface area contributed by atoms with Crippen molar-refractivity contribution < 1.29 is 9.53 Å². The molecule has 0 amide bonds. The Kier molecular flexibility index (Phi) is 6.17. The fourth-order valence-electron chi connectivity index (χ4n) is 1.30. The molecule has 0 fully saturated rings. The highest BCUT2D eigenvalue weighted by molar-refractivity contribution is 5.68. The molecule has 0 atom stereocenters. The first kappa shape index (κ1) is 12.6. The summed E-state index contributed by atoms with van der Waals surface area (Å²) in [5.74, 6) is -0.149. The van der Waals surface area contributed by atoms with Gasteiger partial charge in [-0.25, -0.2) is 0 Å². The maximum absolute atomic E-state index is 10.8. The number of ether oxygens (including phenoxy) is 1. The van der Waals surface area contributed by atoms with Crippen LogP contribution in [0.25, 0.3) is 0 Å². The zero-order chi connectivity index (χ0) is 11.6. The minimum atomic E-state index is -0.149. The number of nitrogens with zero attached hydrogens (tertiary/aromatic N) is 3. The van der Waals surface area contributed by atoms with E-state index in [0.717, 1.165) is 32.5 Å². The molecule has 0 radical (unpaired) electrons. The van der Waals surface area contributed by atoms with Crippen molar-refractivity contribution in [3.05, 3.63) is 12.4 Å². The summed E-state index contributed by atoms with van der Waals surface area (Å²) in [5, 5.41) is 10.8. The molecule has 16 heavy (non-hydrogen) atoms. The minimum Gasteiger partial charge on any atom is -0.469 e. The molecule has 90 valence electrons. The molecule has 0 aliphatic heterocycles. The van der Waals surface area contributed by atoms with E-state index in [1.807, 2.05) is 6.20 Å². The molecular formula is C10H18N4O2. The monoisotopic (exact) mass is 226 g/mol. The van der Waals surface area contributed by atoms with E-state index in [1.165, 1.54) is 7.11 Å². The van der Waals surface area contributed by atoms with Gasteiger partial charge in [0.2, 0.25) is 0 Å². The summed E-state index contributed by atoms with van der Waals surface area (Å²) in [4.78, 5) is 10.8. The van der Waals surface area contributed by atoms with E-state index in [2.05, 4.69) is 20.4 Å². The van der Waals surface area contributed by atoms with Gasteiger partial charge in [0.15, 0.2) is 0 Å². The second kappa shape index (κ2) is 7.81. The van der Waals surface area contributed by atoms with Crippen LogP contribution in [-0.4, -0.2) is 41.2 Å². The zero-order valence-electron chi connectivity index (χ0n) is 9.56. The molecule has 0 bridgehead atoms. The Morgan fingerprint density at radius 3 is 2.94 bits per heavy atom. The van der Waals surface area contributed by atoms with Crippen molar-refractivity contribution in [1.82, 2.24) is 20.3 Å². The highest BCUT2D eigenvalue weighted by atomic mass is 16.5. The van der Waals surface area contributed by atoms with E-state index in [-0.39, 0.29) is 5.97 Å². The van der Waals surface area contributed by atoms with Gasteiger partial charge in [-0.3, -0.25) is 9.48 Å². The van der Waals surface area contributed by atoms with E-state index in [9.17, 15) is 4.79 Å². The van der Waals surface area contributed by atoms with Crippen LogP contribution in [0.2, 0.25) is 0 Å². The number of rotatable bonds is 8. The maximum Gasteiger partial charge on any atom is 0.305 e. The largest absolute Gasteiger partial charge is 0.469 e. The molecule has 6 heteroatoms. The van der Waals surface area contributed by atoms with Crippen LogP contribution in [-0.2, 0) is 16.1 Å². The number of methoxy groups -OCH3 is 1. The molecule has 0 aliphatic carbocycles. The second-order valence-electron chi connectivity index (χ2n) is 3.45. The van der Waals surface area contributed by atoms with Crippen molar-refractivity contribution in [2.45, 2.75) is 25.8 Å². The van der Waals surface area contributed by atoms with Crippen LogP contribution in [0.5, 0.6) is 0 Å². The molecule has 0 aromatic carbocycles. The maximum atomic E-state index is 10.8. The summed E-state index contributed by atoms with van der Waals surface area (Å²) >= 11 is 0. The number of esters is 1. The van der Waals surface area contributed by atoms with E-state index < -0.39 is 0 Å². The van der Waals surface area contributed by atoms with Crippen molar-refractivity contribution in [2.24, 2.45) is 0 Å². The van der Waals surface area contributed by atoms with E-state index in [1.54, 1.807) is 10.9 Å².